The van der Waals surface area contributed by atoms with E-state index in [4.69, 9.17) is 0 Å². The van der Waals surface area contributed by atoms with Gasteiger partial charge in [0.25, 0.3) is 0 Å². The zero-order chi connectivity index (χ0) is 20.5. The topological polar surface area (TPSA) is 66.5 Å². The van der Waals surface area contributed by atoms with Crippen LogP contribution in [0.1, 0.15) is 11.1 Å². The number of hydrogen-bond acceptors (Lipinski definition) is 3. The molecule has 0 saturated carbocycles. The van der Waals surface area contributed by atoms with Gasteiger partial charge in [-0.05, 0) is 30.3 Å². The molecule has 0 aliphatic carbocycles. The van der Waals surface area contributed by atoms with E-state index in [0.29, 0.717) is 17.7 Å². The Labute approximate surface area is 159 Å². The largest absolute Gasteiger partial charge is 0.416 e. The molecule has 0 bridgehead atoms. The number of hydrogen-bond donors (Lipinski definition) is 1. The summed E-state index contributed by atoms with van der Waals surface area (Å²) < 4.78 is 77.2. The third-order valence-electron chi connectivity index (χ3n) is 4.45. The number of halogens is 4. The summed E-state index contributed by atoms with van der Waals surface area (Å²) in [4.78, 5) is 11.8. The van der Waals surface area contributed by atoms with Gasteiger partial charge >= 0.3 is 6.18 Å². The van der Waals surface area contributed by atoms with Gasteiger partial charge in [-0.3, -0.25) is 4.79 Å². The molecule has 0 unspecified atom stereocenters. The SMILES string of the molecule is O=C(NCc1ccccc1F)C1CN(S(=O)(=O)c2ccc(C(F)(F)F)cc2)C1. The van der Waals surface area contributed by atoms with Crippen LogP contribution in [0.4, 0.5) is 17.6 Å². The van der Waals surface area contributed by atoms with Crippen LogP contribution in [0, 0.1) is 11.7 Å². The molecule has 2 aromatic rings. The highest BCUT2D eigenvalue weighted by atomic mass is 32.2. The van der Waals surface area contributed by atoms with E-state index in [9.17, 15) is 30.8 Å². The zero-order valence-electron chi connectivity index (χ0n) is 14.4. The van der Waals surface area contributed by atoms with Crippen molar-refractivity contribution in [3.8, 4) is 0 Å². The van der Waals surface area contributed by atoms with Gasteiger partial charge in [-0.2, -0.15) is 17.5 Å². The maximum absolute atomic E-state index is 13.5. The minimum atomic E-state index is -4.56. The molecule has 0 radical (unpaired) electrons. The lowest BCUT2D eigenvalue weighted by atomic mass is 10.0. The summed E-state index contributed by atoms with van der Waals surface area (Å²) in [5, 5.41) is 2.55. The second-order valence-electron chi connectivity index (χ2n) is 6.35. The average Bonchev–Trinajstić information content (AvgIpc) is 2.59. The first-order chi connectivity index (χ1) is 13.1. The molecule has 150 valence electrons. The lowest BCUT2D eigenvalue weighted by molar-refractivity contribution is -0.137. The highest BCUT2D eigenvalue weighted by molar-refractivity contribution is 7.89. The van der Waals surface area contributed by atoms with E-state index in [2.05, 4.69) is 5.32 Å². The predicted molar refractivity (Wildman–Crippen MR) is 91.9 cm³/mol. The molecule has 1 aliphatic rings. The van der Waals surface area contributed by atoms with Crippen molar-refractivity contribution < 1.29 is 30.8 Å². The van der Waals surface area contributed by atoms with Crippen LogP contribution < -0.4 is 5.32 Å². The third kappa shape index (κ3) is 4.17. The van der Waals surface area contributed by atoms with Gasteiger partial charge in [0.05, 0.1) is 16.4 Å². The van der Waals surface area contributed by atoms with Crippen molar-refractivity contribution in [2.75, 3.05) is 13.1 Å². The summed E-state index contributed by atoms with van der Waals surface area (Å²) in [6.45, 7) is -0.202. The van der Waals surface area contributed by atoms with E-state index >= 15 is 0 Å². The van der Waals surface area contributed by atoms with Crippen LogP contribution >= 0.6 is 0 Å². The number of rotatable bonds is 5. The van der Waals surface area contributed by atoms with Crippen molar-refractivity contribution in [2.24, 2.45) is 5.92 Å². The molecule has 1 amide bonds. The van der Waals surface area contributed by atoms with Crippen LogP contribution in [0.25, 0.3) is 0 Å². The number of alkyl halides is 3. The normalized spacial score (nSPS) is 15.9. The standard InChI is InChI=1S/C18H16F4N2O3S/c19-16-4-2-1-3-12(16)9-23-17(25)13-10-24(11-13)28(26,27)15-7-5-14(6-8-15)18(20,21)22/h1-8,13H,9-11H2,(H,23,25). The van der Waals surface area contributed by atoms with Crippen LogP contribution in [0.5, 0.6) is 0 Å². The van der Waals surface area contributed by atoms with Crippen molar-refractivity contribution in [2.45, 2.75) is 17.6 Å². The molecule has 1 N–H and O–H groups in total. The summed E-state index contributed by atoms with van der Waals surface area (Å²) >= 11 is 0. The van der Waals surface area contributed by atoms with Crippen LogP contribution in [-0.2, 0) is 27.5 Å². The highest BCUT2D eigenvalue weighted by Crippen LogP contribution is 2.31. The van der Waals surface area contributed by atoms with E-state index < -0.39 is 39.4 Å². The molecule has 3 rings (SSSR count). The molecule has 1 fully saturated rings. The molecule has 1 aliphatic heterocycles. The summed E-state index contributed by atoms with van der Waals surface area (Å²) in [6, 6.07) is 9.13. The molecule has 0 atom stereocenters. The maximum atomic E-state index is 13.5. The van der Waals surface area contributed by atoms with Crippen LogP contribution in [0.3, 0.4) is 0 Å². The third-order valence-corrected chi connectivity index (χ3v) is 6.30. The molecule has 1 heterocycles. The fraction of sp³-hybridized carbons (Fsp3) is 0.278. The molecular formula is C18H16F4N2O3S. The number of sulfonamides is 1. The Morgan fingerprint density at radius 3 is 2.25 bits per heavy atom. The van der Waals surface area contributed by atoms with Crippen LogP contribution in [0.2, 0.25) is 0 Å². The second kappa shape index (κ2) is 7.51. The van der Waals surface area contributed by atoms with Crippen molar-refractivity contribution >= 4 is 15.9 Å². The Bertz CT molecular complexity index is 969. The molecule has 0 spiro atoms. The van der Waals surface area contributed by atoms with Gasteiger partial charge in [0.1, 0.15) is 5.82 Å². The Morgan fingerprint density at radius 2 is 1.68 bits per heavy atom. The Hall–Kier alpha value is -2.46. The van der Waals surface area contributed by atoms with E-state index in [0.717, 1.165) is 16.4 Å². The lowest BCUT2D eigenvalue weighted by Crippen LogP contribution is -2.55. The number of carbonyl (C=O) groups is 1. The van der Waals surface area contributed by atoms with Gasteiger partial charge < -0.3 is 5.32 Å². The highest BCUT2D eigenvalue weighted by Gasteiger charge is 2.40. The van der Waals surface area contributed by atoms with Crippen molar-refractivity contribution in [3.05, 3.63) is 65.5 Å². The zero-order valence-corrected chi connectivity index (χ0v) is 15.2. The van der Waals surface area contributed by atoms with Gasteiger partial charge in [0.15, 0.2) is 0 Å². The fourth-order valence-corrected chi connectivity index (χ4v) is 4.26. The first kappa shape index (κ1) is 20.3. The van der Waals surface area contributed by atoms with E-state index in [1.807, 2.05) is 0 Å². The number of amides is 1. The van der Waals surface area contributed by atoms with Gasteiger partial charge in [-0.1, -0.05) is 18.2 Å². The molecule has 28 heavy (non-hydrogen) atoms. The average molecular weight is 416 g/mol. The summed E-state index contributed by atoms with van der Waals surface area (Å²) in [6.07, 6.45) is -4.56. The van der Waals surface area contributed by atoms with Gasteiger partial charge in [0, 0.05) is 25.2 Å². The summed E-state index contributed by atoms with van der Waals surface area (Å²) in [7, 11) is -3.98. The first-order valence-corrected chi connectivity index (χ1v) is 9.71. The second-order valence-corrected chi connectivity index (χ2v) is 8.29. The van der Waals surface area contributed by atoms with Crippen LogP contribution in [0.15, 0.2) is 53.4 Å². The molecule has 10 heteroatoms. The van der Waals surface area contributed by atoms with Gasteiger partial charge in [0.2, 0.25) is 15.9 Å². The molecule has 5 nitrogen and oxygen atoms in total. The monoisotopic (exact) mass is 416 g/mol. The Kier molecular flexibility index (Phi) is 5.44. The van der Waals surface area contributed by atoms with E-state index in [1.165, 1.54) is 18.2 Å². The van der Waals surface area contributed by atoms with Crippen molar-refractivity contribution in [1.82, 2.24) is 9.62 Å². The minimum absolute atomic E-state index is 0.0202. The molecule has 1 saturated heterocycles. The van der Waals surface area contributed by atoms with E-state index in [-0.39, 0.29) is 24.5 Å². The van der Waals surface area contributed by atoms with Gasteiger partial charge in [-0.25, -0.2) is 12.8 Å². The number of benzene rings is 2. The van der Waals surface area contributed by atoms with Gasteiger partial charge in [-0.15, -0.1) is 0 Å². The molecular weight excluding hydrogens is 400 g/mol. The summed E-state index contributed by atoms with van der Waals surface area (Å²) in [5.41, 5.74) is -0.634. The number of nitrogens with zero attached hydrogens (tertiary/aromatic N) is 1. The quantitative estimate of drug-likeness (QED) is 0.763. The molecule has 2 aromatic carbocycles. The Balaban J connectivity index is 1.57. The maximum Gasteiger partial charge on any atom is 0.416 e. The lowest BCUT2D eigenvalue weighted by Gasteiger charge is -2.37. The van der Waals surface area contributed by atoms with Crippen molar-refractivity contribution in [3.63, 3.8) is 0 Å². The van der Waals surface area contributed by atoms with E-state index in [1.54, 1.807) is 6.07 Å². The minimum Gasteiger partial charge on any atom is -0.352 e. The Morgan fingerprint density at radius 1 is 1.07 bits per heavy atom. The number of carbonyl (C=O) groups excluding carboxylic acids is 1. The summed E-state index contributed by atoms with van der Waals surface area (Å²) in [5.74, 6) is -1.47. The van der Waals surface area contributed by atoms with Crippen LogP contribution in [-0.4, -0.2) is 31.7 Å². The smallest absolute Gasteiger partial charge is 0.352 e. The van der Waals surface area contributed by atoms with Crippen molar-refractivity contribution in [1.29, 1.82) is 0 Å². The number of nitrogens with one attached hydrogen (secondary N) is 1. The predicted octanol–water partition coefficient (Wildman–Crippen LogP) is 2.78. The fourth-order valence-electron chi connectivity index (χ4n) is 2.73. The first-order valence-electron chi connectivity index (χ1n) is 8.27. The molecule has 0 aromatic heterocycles.